The molecule has 0 aromatic heterocycles. The van der Waals surface area contributed by atoms with Crippen LogP contribution in [0.5, 0.6) is 0 Å². The lowest BCUT2D eigenvalue weighted by Crippen LogP contribution is -2.57. The van der Waals surface area contributed by atoms with Crippen LogP contribution in [0.2, 0.25) is 0 Å². The molecule has 9 amide bonds. The highest BCUT2D eigenvalue weighted by Crippen LogP contribution is 2.13. The predicted molar refractivity (Wildman–Crippen MR) is 372 cm³/mol. The van der Waals surface area contributed by atoms with E-state index in [9.17, 15) is 53.6 Å². The molecule has 0 aliphatic rings. The lowest BCUT2D eigenvalue weighted by molar-refractivity contribution is -0.129. The molecule has 30 nitrogen and oxygen atoms in total. The van der Waals surface area contributed by atoms with Gasteiger partial charge in [-0.3, -0.25) is 43.2 Å². The molecule has 0 spiro atoms. The van der Waals surface area contributed by atoms with E-state index in [1.165, 1.54) is 0 Å². The minimum absolute atomic E-state index is 0.00220. The quantitative estimate of drug-likeness (QED) is 0.0137. The monoisotopic (exact) mass is 1380 g/mol. The maximum atomic E-state index is 13.2. The van der Waals surface area contributed by atoms with E-state index < -0.39 is 23.2 Å². The molecule has 0 heterocycles. The smallest absolute Gasteiger partial charge is 0.246 e. The van der Waals surface area contributed by atoms with E-state index in [0.717, 1.165) is 38.5 Å². The normalized spacial score (nSPS) is 13.0. The molecule has 0 saturated heterocycles. The zero-order chi connectivity index (χ0) is 72.3. The molecule has 0 aliphatic heterocycles. The first-order chi connectivity index (χ1) is 45.1. The largest absolute Gasteiger partial charge is 0.411 e. The second-order valence-corrected chi connectivity index (χ2v) is 25.2. The highest BCUT2D eigenvalue weighted by Gasteiger charge is 2.28. The molecular weight excluding hydrogens is 1250 g/mol. The number of hydrogen-bond donors (Lipinski definition) is 15. The van der Waals surface area contributed by atoms with Crippen LogP contribution in [0.3, 0.4) is 0 Å². The Hall–Kier alpha value is -6.06. The first kappa shape index (κ1) is 93.1. The van der Waals surface area contributed by atoms with Gasteiger partial charge in [0.05, 0.1) is 60.3 Å². The van der Waals surface area contributed by atoms with Crippen LogP contribution >= 0.6 is 11.8 Å². The van der Waals surface area contributed by atoms with Crippen LogP contribution in [-0.2, 0) is 62.1 Å². The fourth-order valence-corrected chi connectivity index (χ4v) is 8.68. The van der Waals surface area contributed by atoms with Crippen molar-refractivity contribution in [1.29, 1.82) is 0 Å². The Balaban J connectivity index is -0.00000187. The van der Waals surface area contributed by atoms with Crippen molar-refractivity contribution in [3.05, 3.63) is 11.5 Å². The average molecular weight is 1380 g/mol. The SMILES string of the molecule is CCCC(N)SC=CCN.CCCOCC(=O)NCCOCCOCC(=O)NCCCC[C@H](C)C(N)=O.COCCNC(=O)CCCC(=O)NCCCC[C@H](NC(=O)CCCC(=O)NC(CNC(C)(C)/C(C)=N/O)CNC(C)(C)/C(C)=N/O)C(=O)NCCCC[C@H](C)C(N)=O. The summed E-state index contributed by atoms with van der Waals surface area (Å²) in [7, 11) is 1.55. The van der Waals surface area contributed by atoms with E-state index in [1.807, 2.05) is 46.1 Å². The summed E-state index contributed by atoms with van der Waals surface area (Å²) in [5, 5.41) is 53.6. The highest BCUT2D eigenvalue weighted by atomic mass is 32.2. The number of ether oxygens (including phenoxy) is 4. The average Bonchev–Trinajstić information content (AvgIpc) is 1.10. The minimum Gasteiger partial charge on any atom is -0.411 e. The summed E-state index contributed by atoms with van der Waals surface area (Å²) in [6.45, 7) is 23.8. The van der Waals surface area contributed by atoms with Gasteiger partial charge in [-0.1, -0.05) is 63.3 Å². The van der Waals surface area contributed by atoms with Crippen LogP contribution in [0, 0.1) is 11.8 Å². The van der Waals surface area contributed by atoms with Gasteiger partial charge in [-0.25, -0.2) is 0 Å². The number of hydrogen-bond acceptors (Lipinski definition) is 22. The summed E-state index contributed by atoms with van der Waals surface area (Å²) in [6, 6.07) is -1.25. The molecule has 552 valence electrons. The van der Waals surface area contributed by atoms with Crippen LogP contribution in [0.15, 0.2) is 21.8 Å². The Labute approximate surface area is 570 Å². The standard InChI is InChI=1S/C39H74N10O9.C18H35N3O6.C7H16N2S/c1-27(36(40)54)15-9-11-22-43-37(55)31(16-10-12-21-41-32(50)17-13-18-33(51)42-23-24-58-8)47-35(53)20-14-19-34(52)46-30(25-44-38(4,5)28(2)48-56)26-45-39(6,7)29(3)49-57;1-3-9-26-13-17(23)21-8-10-25-11-12-27-14-16(22)20-7-5-4-6-15(2)18(19)24;1-2-4-7(9)10-6-3-5-8/h27,30-31,44-45,56-57H,9-26H2,1-8H3,(H2,40,54)(H,41,50)(H,42,51)(H,43,55)(H,46,52)(H,47,53);15H,3-14H2,1-2H3,(H2,19,24)(H,20,22)(H,21,23);3,6-7H,2,4-5,8-9H2,1H3/b48-28+,49-29+;;/t27-,31-;15-;/m00./s1. The summed E-state index contributed by atoms with van der Waals surface area (Å²) in [5.74, 6) is -2.75. The summed E-state index contributed by atoms with van der Waals surface area (Å²) < 4.78 is 20.5. The van der Waals surface area contributed by atoms with Crippen molar-refractivity contribution in [1.82, 2.24) is 47.9 Å². The predicted octanol–water partition coefficient (Wildman–Crippen LogP) is 2.44. The number of nitrogens with two attached hydrogens (primary N) is 4. The van der Waals surface area contributed by atoms with Crippen LogP contribution in [0.25, 0.3) is 0 Å². The summed E-state index contributed by atoms with van der Waals surface area (Å²) >= 11 is 1.64. The first-order valence-corrected chi connectivity index (χ1v) is 34.4. The number of nitrogens with one attached hydrogen (secondary N) is 9. The van der Waals surface area contributed by atoms with E-state index in [2.05, 4.69) is 65.1 Å². The van der Waals surface area contributed by atoms with Gasteiger partial charge in [-0.15, -0.1) is 11.8 Å². The summed E-state index contributed by atoms with van der Waals surface area (Å²) in [6.07, 6.45) is 11.8. The molecule has 0 aromatic rings. The van der Waals surface area contributed by atoms with Crippen LogP contribution in [0.1, 0.15) is 185 Å². The van der Waals surface area contributed by atoms with Crippen molar-refractivity contribution >= 4 is 76.3 Å². The van der Waals surface area contributed by atoms with Crippen molar-refractivity contribution in [2.45, 2.75) is 213 Å². The third-order valence-electron chi connectivity index (χ3n) is 14.7. The molecule has 0 aliphatic carbocycles. The van der Waals surface area contributed by atoms with Gasteiger partial charge in [0.2, 0.25) is 53.2 Å². The third kappa shape index (κ3) is 56.8. The molecule has 0 aromatic carbocycles. The van der Waals surface area contributed by atoms with Crippen LogP contribution in [0.4, 0.5) is 0 Å². The molecule has 19 N–H and O–H groups in total. The zero-order valence-electron chi connectivity index (χ0n) is 59.2. The molecular formula is C64H125N15O15S. The number of rotatable bonds is 56. The van der Waals surface area contributed by atoms with Crippen molar-refractivity contribution in [2.75, 3.05) is 106 Å². The number of primary amides is 2. The molecule has 0 fully saturated rings. The molecule has 0 rings (SSSR count). The van der Waals surface area contributed by atoms with E-state index in [4.69, 9.17) is 41.9 Å². The molecule has 95 heavy (non-hydrogen) atoms. The lowest BCUT2D eigenvalue weighted by atomic mass is 9.98. The van der Waals surface area contributed by atoms with E-state index in [0.29, 0.717) is 142 Å². The first-order valence-electron chi connectivity index (χ1n) is 33.5. The van der Waals surface area contributed by atoms with Gasteiger partial charge in [-0.05, 0) is 118 Å². The number of oxime groups is 2. The van der Waals surface area contributed by atoms with Crippen molar-refractivity contribution in [3.63, 3.8) is 0 Å². The van der Waals surface area contributed by atoms with Gasteiger partial charge < -0.3 is 100 Å². The lowest BCUT2D eigenvalue weighted by Gasteiger charge is -2.32. The second-order valence-electron chi connectivity index (χ2n) is 24.0. The number of carbonyl (C=O) groups excluding carboxylic acids is 9. The maximum absolute atomic E-state index is 13.2. The highest BCUT2D eigenvalue weighted by molar-refractivity contribution is 8.02. The fraction of sp³-hybridized carbons (Fsp3) is 0.797. The molecule has 1 unspecified atom stereocenters. The third-order valence-corrected chi connectivity index (χ3v) is 15.7. The molecule has 4 atom stereocenters. The van der Waals surface area contributed by atoms with Crippen molar-refractivity contribution in [2.24, 2.45) is 45.1 Å². The number of amides is 9. The van der Waals surface area contributed by atoms with Gasteiger partial charge in [0.15, 0.2) is 0 Å². The number of methoxy groups -OCH3 is 1. The van der Waals surface area contributed by atoms with Crippen molar-refractivity contribution < 1.29 is 72.5 Å². The Bertz CT molecular complexity index is 2180. The minimum atomic E-state index is -0.830. The van der Waals surface area contributed by atoms with Gasteiger partial charge in [0.1, 0.15) is 19.3 Å². The Morgan fingerprint density at radius 2 is 0.958 bits per heavy atom. The maximum Gasteiger partial charge on any atom is 0.246 e. The number of unbranched alkanes of at least 4 members (excludes halogenated alkanes) is 3. The Morgan fingerprint density at radius 3 is 1.43 bits per heavy atom. The number of thioether (sulfide) groups is 1. The molecule has 0 radical (unpaired) electrons. The molecule has 0 saturated carbocycles. The second kappa shape index (κ2) is 60.4. The molecule has 0 bridgehead atoms. The summed E-state index contributed by atoms with van der Waals surface area (Å²) in [4.78, 5) is 108. The van der Waals surface area contributed by atoms with Gasteiger partial charge in [0.25, 0.3) is 0 Å². The fourth-order valence-electron chi connectivity index (χ4n) is 7.88. The number of carbonyl (C=O) groups is 9. The Morgan fingerprint density at radius 1 is 0.526 bits per heavy atom. The topological polar surface area (TPSA) is 468 Å². The summed E-state index contributed by atoms with van der Waals surface area (Å²) in [5.41, 5.74) is 21.0. The van der Waals surface area contributed by atoms with Gasteiger partial charge >= 0.3 is 0 Å². The van der Waals surface area contributed by atoms with E-state index in [-0.39, 0.29) is 116 Å². The molecule has 31 heteroatoms. The van der Waals surface area contributed by atoms with Crippen LogP contribution < -0.4 is 70.8 Å². The van der Waals surface area contributed by atoms with Crippen LogP contribution in [-0.4, -0.2) is 209 Å². The van der Waals surface area contributed by atoms with E-state index in [1.54, 1.807) is 46.6 Å². The van der Waals surface area contributed by atoms with Gasteiger partial charge in [0, 0.05) is 104 Å². The number of nitrogens with zero attached hydrogens (tertiary/aromatic N) is 2. The van der Waals surface area contributed by atoms with Crippen molar-refractivity contribution in [3.8, 4) is 0 Å². The Kier molecular flexibility index (Phi) is 59.2. The van der Waals surface area contributed by atoms with E-state index >= 15 is 0 Å². The zero-order valence-corrected chi connectivity index (χ0v) is 60.0. The van der Waals surface area contributed by atoms with Gasteiger partial charge in [-0.2, -0.15) is 0 Å².